The van der Waals surface area contributed by atoms with Crippen LogP contribution in [0.3, 0.4) is 0 Å². The highest BCUT2D eigenvalue weighted by Gasteiger charge is 2.22. The maximum Gasteiger partial charge on any atom is 0.191 e. The van der Waals surface area contributed by atoms with Crippen LogP contribution >= 0.6 is 0 Å². The summed E-state index contributed by atoms with van der Waals surface area (Å²) in [6.07, 6.45) is 1.36. The summed E-state index contributed by atoms with van der Waals surface area (Å²) < 4.78 is 11.4. The zero-order valence-corrected chi connectivity index (χ0v) is 17.8. The van der Waals surface area contributed by atoms with Gasteiger partial charge in [0.1, 0.15) is 0 Å². The second kappa shape index (κ2) is 11.7. The first-order chi connectivity index (χ1) is 12.9. The Morgan fingerprint density at radius 2 is 1.70 bits per heavy atom. The molecule has 3 N–H and O–H groups in total. The Morgan fingerprint density at radius 1 is 1.07 bits per heavy atom. The van der Waals surface area contributed by atoms with Crippen molar-refractivity contribution in [3.8, 4) is 11.5 Å². The Hall–Kier alpha value is -1.95. The maximum absolute atomic E-state index is 10.5. The van der Waals surface area contributed by atoms with Crippen LogP contribution in [0.15, 0.2) is 23.2 Å². The minimum absolute atomic E-state index is 0.0222. The summed E-state index contributed by atoms with van der Waals surface area (Å²) in [6, 6.07) is 6.00. The van der Waals surface area contributed by atoms with E-state index in [2.05, 4.69) is 22.5 Å². The van der Waals surface area contributed by atoms with Crippen LogP contribution in [0.5, 0.6) is 11.5 Å². The van der Waals surface area contributed by atoms with Gasteiger partial charge in [-0.1, -0.05) is 19.9 Å². The molecule has 0 fully saturated rings. The van der Waals surface area contributed by atoms with Gasteiger partial charge < -0.3 is 25.2 Å². The van der Waals surface area contributed by atoms with Gasteiger partial charge in [-0.3, -0.25) is 4.99 Å². The standard InChI is InChI=1S/C21H37N3O3/c1-7-21(25,8-2)15-23-20(22-9-3)24-16(6)17-12-13-18(26-10-4)19(14-17)27-11-5/h12-14,16,25H,7-11,15H2,1-6H3,(H2,22,23,24). The number of nitrogens with zero attached hydrogens (tertiary/aromatic N) is 1. The van der Waals surface area contributed by atoms with E-state index in [4.69, 9.17) is 9.47 Å². The number of guanidine groups is 1. The van der Waals surface area contributed by atoms with Crippen molar-refractivity contribution in [3.63, 3.8) is 0 Å². The fraction of sp³-hybridized carbons (Fsp3) is 0.667. The van der Waals surface area contributed by atoms with Gasteiger partial charge in [0.2, 0.25) is 0 Å². The number of aliphatic hydroxyl groups is 1. The second-order valence-electron chi connectivity index (χ2n) is 6.56. The predicted octanol–water partition coefficient (Wildman–Crippen LogP) is 3.65. The van der Waals surface area contributed by atoms with Crippen LogP contribution in [0.1, 0.15) is 66.0 Å². The molecule has 0 heterocycles. The Balaban J connectivity index is 2.94. The monoisotopic (exact) mass is 379 g/mol. The lowest BCUT2D eigenvalue weighted by Crippen LogP contribution is -2.40. The summed E-state index contributed by atoms with van der Waals surface area (Å²) >= 11 is 0. The van der Waals surface area contributed by atoms with Crippen LogP contribution in [0.2, 0.25) is 0 Å². The average Bonchev–Trinajstić information content (AvgIpc) is 2.67. The average molecular weight is 380 g/mol. The number of aliphatic imine (C=N–C) groups is 1. The van der Waals surface area contributed by atoms with E-state index in [0.717, 1.165) is 23.6 Å². The molecule has 0 aromatic heterocycles. The molecule has 0 aliphatic carbocycles. The number of hydrogen-bond donors (Lipinski definition) is 3. The number of ether oxygens (including phenoxy) is 2. The Labute approximate surface area is 164 Å². The molecule has 1 rings (SSSR count). The van der Waals surface area contributed by atoms with Gasteiger partial charge in [0.25, 0.3) is 0 Å². The van der Waals surface area contributed by atoms with Crippen molar-refractivity contribution in [3.05, 3.63) is 23.8 Å². The van der Waals surface area contributed by atoms with E-state index >= 15 is 0 Å². The van der Waals surface area contributed by atoms with Crippen molar-refractivity contribution in [1.29, 1.82) is 0 Å². The smallest absolute Gasteiger partial charge is 0.191 e. The minimum atomic E-state index is -0.757. The van der Waals surface area contributed by atoms with E-state index in [9.17, 15) is 5.11 Å². The van der Waals surface area contributed by atoms with E-state index in [1.165, 1.54) is 0 Å². The SMILES string of the molecule is CCNC(=NCC(O)(CC)CC)NC(C)c1ccc(OCC)c(OCC)c1. The summed E-state index contributed by atoms with van der Waals surface area (Å²) in [7, 11) is 0. The van der Waals surface area contributed by atoms with E-state index < -0.39 is 5.60 Å². The molecule has 1 aromatic rings. The Morgan fingerprint density at radius 3 is 2.26 bits per heavy atom. The van der Waals surface area contributed by atoms with Crippen molar-refractivity contribution in [1.82, 2.24) is 10.6 Å². The topological polar surface area (TPSA) is 75.1 Å². The maximum atomic E-state index is 10.5. The van der Waals surface area contributed by atoms with Crippen molar-refractivity contribution < 1.29 is 14.6 Å². The third-order valence-corrected chi connectivity index (χ3v) is 4.61. The lowest BCUT2D eigenvalue weighted by molar-refractivity contribution is 0.0418. The van der Waals surface area contributed by atoms with Crippen LogP contribution in [0, 0.1) is 0 Å². The fourth-order valence-corrected chi connectivity index (χ4v) is 2.65. The largest absolute Gasteiger partial charge is 0.490 e. The lowest BCUT2D eigenvalue weighted by atomic mass is 9.98. The van der Waals surface area contributed by atoms with Gasteiger partial charge in [-0.25, -0.2) is 0 Å². The van der Waals surface area contributed by atoms with Crippen LogP contribution < -0.4 is 20.1 Å². The van der Waals surface area contributed by atoms with Gasteiger partial charge in [-0.2, -0.15) is 0 Å². The van der Waals surface area contributed by atoms with Crippen LogP contribution in [0.4, 0.5) is 0 Å². The molecule has 0 bridgehead atoms. The Kier molecular flexibility index (Phi) is 10.0. The van der Waals surface area contributed by atoms with Crippen molar-refractivity contribution in [2.24, 2.45) is 4.99 Å². The molecule has 6 heteroatoms. The first-order valence-corrected chi connectivity index (χ1v) is 10.1. The molecule has 1 unspecified atom stereocenters. The third-order valence-electron chi connectivity index (χ3n) is 4.61. The van der Waals surface area contributed by atoms with Gasteiger partial charge in [0, 0.05) is 6.54 Å². The zero-order valence-electron chi connectivity index (χ0n) is 17.8. The predicted molar refractivity (Wildman–Crippen MR) is 112 cm³/mol. The van der Waals surface area contributed by atoms with Crippen LogP contribution in [-0.2, 0) is 0 Å². The highest BCUT2D eigenvalue weighted by Crippen LogP contribution is 2.30. The molecular formula is C21H37N3O3. The van der Waals surface area contributed by atoms with Crippen molar-refractivity contribution >= 4 is 5.96 Å². The molecule has 1 atom stereocenters. The molecule has 0 spiro atoms. The van der Waals surface area contributed by atoms with Crippen molar-refractivity contribution in [2.75, 3.05) is 26.3 Å². The molecule has 0 radical (unpaired) electrons. The highest BCUT2D eigenvalue weighted by molar-refractivity contribution is 5.80. The summed E-state index contributed by atoms with van der Waals surface area (Å²) in [5.41, 5.74) is 0.320. The molecule has 0 saturated carbocycles. The third kappa shape index (κ3) is 7.29. The normalized spacial score (nSPS) is 13.2. The summed E-state index contributed by atoms with van der Waals surface area (Å²) in [5.74, 6) is 2.20. The molecule has 6 nitrogen and oxygen atoms in total. The molecule has 0 aliphatic heterocycles. The molecule has 0 saturated heterocycles. The Bertz CT molecular complexity index is 586. The van der Waals surface area contributed by atoms with Crippen LogP contribution in [0.25, 0.3) is 0 Å². The molecular weight excluding hydrogens is 342 g/mol. The van der Waals surface area contributed by atoms with Gasteiger partial charge in [0.05, 0.1) is 31.4 Å². The van der Waals surface area contributed by atoms with E-state index in [1.54, 1.807) is 0 Å². The first kappa shape index (κ1) is 23.1. The summed E-state index contributed by atoms with van der Waals surface area (Å²) in [6.45, 7) is 14.3. The molecule has 0 amide bonds. The number of benzene rings is 1. The van der Waals surface area contributed by atoms with Crippen molar-refractivity contribution in [2.45, 2.75) is 66.0 Å². The first-order valence-electron chi connectivity index (χ1n) is 10.1. The number of hydrogen-bond acceptors (Lipinski definition) is 4. The zero-order chi connectivity index (χ0) is 20.3. The number of nitrogens with one attached hydrogen (secondary N) is 2. The van der Waals surface area contributed by atoms with Gasteiger partial charge in [-0.05, 0) is 58.2 Å². The highest BCUT2D eigenvalue weighted by atomic mass is 16.5. The van der Waals surface area contributed by atoms with Gasteiger partial charge >= 0.3 is 0 Å². The molecule has 27 heavy (non-hydrogen) atoms. The summed E-state index contributed by atoms with van der Waals surface area (Å²) in [4.78, 5) is 4.59. The quantitative estimate of drug-likeness (QED) is 0.404. The van der Waals surface area contributed by atoms with Crippen LogP contribution in [-0.4, -0.2) is 43.0 Å². The lowest BCUT2D eigenvalue weighted by Gasteiger charge is -2.24. The fourth-order valence-electron chi connectivity index (χ4n) is 2.65. The molecule has 1 aromatic carbocycles. The van der Waals surface area contributed by atoms with Gasteiger partial charge in [-0.15, -0.1) is 0 Å². The minimum Gasteiger partial charge on any atom is -0.490 e. The molecule has 0 aliphatic rings. The van der Waals surface area contributed by atoms with Gasteiger partial charge in [0.15, 0.2) is 17.5 Å². The van der Waals surface area contributed by atoms with E-state index in [0.29, 0.717) is 38.6 Å². The molecule has 154 valence electrons. The summed E-state index contributed by atoms with van der Waals surface area (Å²) in [5, 5.41) is 17.1. The number of rotatable bonds is 11. The van der Waals surface area contributed by atoms with E-state index in [-0.39, 0.29) is 6.04 Å². The second-order valence-corrected chi connectivity index (χ2v) is 6.56. The van der Waals surface area contributed by atoms with E-state index in [1.807, 2.05) is 52.8 Å².